The molecule has 0 aliphatic rings. The lowest BCUT2D eigenvalue weighted by molar-refractivity contribution is 1.27. The van der Waals surface area contributed by atoms with Crippen molar-refractivity contribution in [3.63, 3.8) is 0 Å². The summed E-state index contributed by atoms with van der Waals surface area (Å²) < 4.78 is 0. The molecule has 0 saturated heterocycles. The van der Waals surface area contributed by atoms with Gasteiger partial charge in [0.05, 0.1) is 5.69 Å². The van der Waals surface area contributed by atoms with Crippen LogP contribution in [0.5, 0.6) is 0 Å². The molecule has 0 spiro atoms. The van der Waals surface area contributed by atoms with E-state index >= 15 is 0 Å². The van der Waals surface area contributed by atoms with E-state index in [-0.39, 0.29) is 0 Å². The molecule has 0 radical (unpaired) electrons. The Kier molecular flexibility index (Phi) is 3.04. The van der Waals surface area contributed by atoms with Crippen LogP contribution < -0.4 is 5.43 Å². The molecule has 0 fully saturated rings. The second-order valence-electron chi connectivity index (χ2n) is 2.77. The lowest BCUT2D eigenvalue weighted by Gasteiger charge is -2.06. The quantitative estimate of drug-likeness (QED) is 0.550. The highest BCUT2D eigenvalue weighted by atomic mass is 15.3. The van der Waals surface area contributed by atoms with Crippen LogP contribution in [0, 0.1) is 25.2 Å². The second-order valence-corrected chi connectivity index (χ2v) is 2.77. The first-order valence-corrected chi connectivity index (χ1v) is 3.99. The Morgan fingerprint density at radius 2 is 2.00 bits per heavy atom. The van der Waals surface area contributed by atoms with Crippen molar-refractivity contribution in [2.45, 2.75) is 13.8 Å². The molecule has 0 unspecified atom stereocenters. The maximum atomic E-state index is 8.24. The number of hydrazone groups is 1. The largest absolute Gasteiger partial charge is 0.277 e. The van der Waals surface area contributed by atoms with Gasteiger partial charge in [0.1, 0.15) is 12.3 Å². The van der Waals surface area contributed by atoms with Crippen molar-refractivity contribution in [1.82, 2.24) is 0 Å². The summed E-state index contributed by atoms with van der Waals surface area (Å²) in [4.78, 5) is 0. The van der Waals surface area contributed by atoms with Gasteiger partial charge in [0.15, 0.2) is 0 Å². The molecule has 3 nitrogen and oxygen atoms in total. The summed E-state index contributed by atoms with van der Waals surface area (Å²) in [5.74, 6) is 0. The number of rotatable bonds is 2. The molecule has 1 rings (SSSR count). The van der Waals surface area contributed by atoms with E-state index in [9.17, 15) is 0 Å². The molecule has 1 aromatic carbocycles. The summed E-state index contributed by atoms with van der Waals surface area (Å²) in [5, 5.41) is 12.0. The zero-order chi connectivity index (χ0) is 9.68. The van der Waals surface area contributed by atoms with Crippen LogP contribution >= 0.6 is 0 Å². The average molecular weight is 173 g/mol. The SMILES string of the molecule is Cc1cccc(C)c1N/N=C/C#N. The van der Waals surface area contributed by atoms with E-state index < -0.39 is 0 Å². The number of nitriles is 1. The van der Waals surface area contributed by atoms with Gasteiger partial charge in [-0.2, -0.15) is 10.4 Å². The van der Waals surface area contributed by atoms with Crippen molar-refractivity contribution in [3.05, 3.63) is 29.3 Å². The molecule has 66 valence electrons. The number of nitrogens with zero attached hydrogens (tertiary/aromatic N) is 2. The third-order valence-corrected chi connectivity index (χ3v) is 1.78. The fourth-order valence-corrected chi connectivity index (χ4v) is 1.12. The molecule has 1 aromatic rings. The molecule has 0 aromatic heterocycles. The van der Waals surface area contributed by atoms with E-state index in [4.69, 9.17) is 5.26 Å². The molecule has 0 heterocycles. The van der Waals surface area contributed by atoms with Crippen LogP contribution in [0.2, 0.25) is 0 Å². The topological polar surface area (TPSA) is 48.2 Å². The molecule has 3 heteroatoms. The van der Waals surface area contributed by atoms with Crippen LogP contribution in [0.15, 0.2) is 23.3 Å². The van der Waals surface area contributed by atoms with Gasteiger partial charge in [0, 0.05) is 0 Å². The number of hydrogen-bond acceptors (Lipinski definition) is 3. The van der Waals surface area contributed by atoms with Crippen LogP contribution in [0.3, 0.4) is 0 Å². The summed E-state index contributed by atoms with van der Waals surface area (Å²) in [6, 6.07) is 7.81. The van der Waals surface area contributed by atoms with Gasteiger partial charge >= 0.3 is 0 Å². The Balaban J connectivity index is 2.88. The summed E-state index contributed by atoms with van der Waals surface area (Å²) in [5.41, 5.74) is 6.04. The number of para-hydroxylation sites is 1. The maximum absolute atomic E-state index is 8.24. The lowest BCUT2D eigenvalue weighted by atomic mass is 10.1. The fraction of sp³-hybridized carbons (Fsp3) is 0.200. The van der Waals surface area contributed by atoms with Crippen LogP contribution in [-0.4, -0.2) is 6.21 Å². The number of benzene rings is 1. The summed E-state index contributed by atoms with van der Waals surface area (Å²) in [6.07, 6.45) is 1.17. The smallest absolute Gasteiger partial charge is 0.124 e. The monoisotopic (exact) mass is 173 g/mol. The summed E-state index contributed by atoms with van der Waals surface area (Å²) in [7, 11) is 0. The predicted octanol–water partition coefficient (Wildman–Crippen LogP) is 2.22. The van der Waals surface area contributed by atoms with Crippen molar-refractivity contribution in [3.8, 4) is 6.07 Å². The fourth-order valence-electron chi connectivity index (χ4n) is 1.12. The minimum absolute atomic E-state index is 0.967. The van der Waals surface area contributed by atoms with E-state index in [1.54, 1.807) is 0 Å². The van der Waals surface area contributed by atoms with Crippen molar-refractivity contribution in [1.29, 1.82) is 5.26 Å². The van der Waals surface area contributed by atoms with E-state index in [2.05, 4.69) is 10.5 Å². The minimum atomic E-state index is 0.967. The highest BCUT2D eigenvalue weighted by Gasteiger charge is 1.98. The van der Waals surface area contributed by atoms with E-state index in [0.29, 0.717) is 0 Å². The van der Waals surface area contributed by atoms with Crippen molar-refractivity contribution in [2.24, 2.45) is 5.10 Å². The lowest BCUT2D eigenvalue weighted by Crippen LogP contribution is -1.94. The molecular weight excluding hydrogens is 162 g/mol. The number of aryl methyl sites for hydroxylation is 2. The van der Waals surface area contributed by atoms with Crippen molar-refractivity contribution < 1.29 is 0 Å². The summed E-state index contributed by atoms with van der Waals surface area (Å²) >= 11 is 0. The summed E-state index contributed by atoms with van der Waals surface area (Å²) in [6.45, 7) is 3.99. The molecule has 0 aliphatic carbocycles. The molecule has 0 saturated carbocycles. The number of anilines is 1. The Bertz CT molecular complexity index is 341. The van der Waals surface area contributed by atoms with Crippen LogP contribution in [0.1, 0.15) is 11.1 Å². The van der Waals surface area contributed by atoms with Crippen molar-refractivity contribution >= 4 is 11.9 Å². The normalized spacial score (nSPS) is 9.92. The van der Waals surface area contributed by atoms with Crippen LogP contribution in [0.4, 0.5) is 5.69 Å². The van der Waals surface area contributed by atoms with Gasteiger partial charge in [-0.15, -0.1) is 0 Å². The van der Waals surface area contributed by atoms with E-state index in [1.165, 1.54) is 6.21 Å². The highest BCUT2D eigenvalue weighted by Crippen LogP contribution is 2.18. The number of hydrogen-bond donors (Lipinski definition) is 1. The van der Waals surface area contributed by atoms with Gasteiger partial charge in [0.25, 0.3) is 0 Å². The van der Waals surface area contributed by atoms with Crippen molar-refractivity contribution in [2.75, 3.05) is 5.43 Å². The van der Waals surface area contributed by atoms with E-state index in [1.807, 2.05) is 38.1 Å². The highest BCUT2D eigenvalue weighted by molar-refractivity contribution is 5.76. The molecule has 0 aliphatic heterocycles. The maximum Gasteiger partial charge on any atom is 0.124 e. The van der Waals surface area contributed by atoms with Crippen LogP contribution in [-0.2, 0) is 0 Å². The molecule has 0 atom stereocenters. The van der Waals surface area contributed by atoms with Gasteiger partial charge in [-0.1, -0.05) is 18.2 Å². The standard InChI is InChI=1S/C10H11N3/c1-8-4-3-5-9(2)10(8)13-12-7-6-11/h3-5,7,13H,1-2H3/b12-7+. The zero-order valence-electron chi connectivity index (χ0n) is 7.70. The first-order chi connectivity index (χ1) is 6.25. The third kappa shape index (κ3) is 2.31. The third-order valence-electron chi connectivity index (χ3n) is 1.78. The molecule has 0 amide bonds. The Morgan fingerprint density at radius 1 is 1.38 bits per heavy atom. The first-order valence-electron chi connectivity index (χ1n) is 3.99. The van der Waals surface area contributed by atoms with Gasteiger partial charge in [-0.05, 0) is 25.0 Å². The molecular formula is C10H11N3. The van der Waals surface area contributed by atoms with Gasteiger partial charge in [0.2, 0.25) is 0 Å². The first kappa shape index (κ1) is 9.27. The molecule has 0 bridgehead atoms. The van der Waals surface area contributed by atoms with Gasteiger partial charge in [-0.25, -0.2) is 0 Å². The van der Waals surface area contributed by atoms with Gasteiger partial charge in [-0.3, -0.25) is 5.43 Å². The molecule has 1 N–H and O–H groups in total. The second kappa shape index (κ2) is 4.27. The van der Waals surface area contributed by atoms with Gasteiger partial charge < -0.3 is 0 Å². The molecule has 13 heavy (non-hydrogen) atoms. The van der Waals surface area contributed by atoms with E-state index in [0.717, 1.165) is 16.8 Å². The minimum Gasteiger partial charge on any atom is -0.277 e. The predicted molar refractivity (Wildman–Crippen MR) is 53.6 cm³/mol. The zero-order valence-corrected chi connectivity index (χ0v) is 7.70. The van der Waals surface area contributed by atoms with Crippen LogP contribution in [0.25, 0.3) is 0 Å². The Morgan fingerprint density at radius 3 is 2.54 bits per heavy atom. The Labute approximate surface area is 77.7 Å². The Hall–Kier alpha value is -1.82. The average Bonchev–Trinajstić information content (AvgIpc) is 2.10. The number of nitrogens with one attached hydrogen (secondary N) is 1.